The molecule has 2 rings (SSSR count). The lowest BCUT2D eigenvalue weighted by molar-refractivity contribution is -0.122. The Morgan fingerprint density at radius 1 is 1.44 bits per heavy atom. The zero-order valence-corrected chi connectivity index (χ0v) is 11.1. The van der Waals surface area contributed by atoms with E-state index in [-0.39, 0.29) is 11.3 Å². The molecule has 0 saturated heterocycles. The summed E-state index contributed by atoms with van der Waals surface area (Å²) in [6, 6.07) is 5.94. The summed E-state index contributed by atoms with van der Waals surface area (Å²) in [5.41, 5.74) is 7.54. The fourth-order valence-corrected chi connectivity index (χ4v) is 2.13. The lowest BCUT2D eigenvalue weighted by Gasteiger charge is -2.28. The molecule has 0 saturated carbocycles. The second-order valence-corrected chi connectivity index (χ2v) is 5.38. The van der Waals surface area contributed by atoms with Gasteiger partial charge in [-0.05, 0) is 43.0 Å². The number of rotatable bonds is 3. The van der Waals surface area contributed by atoms with Crippen molar-refractivity contribution in [3.8, 4) is 5.75 Å². The summed E-state index contributed by atoms with van der Waals surface area (Å²) in [7, 11) is 0. The van der Waals surface area contributed by atoms with Gasteiger partial charge in [0.1, 0.15) is 5.75 Å². The number of hydrogen-bond donors (Lipinski definition) is 2. The van der Waals surface area contributed by atoms with Crippen LogP contribution in [0.5, 0.6) is 5.75 Å². The molecule has 0 bridgehead atoms. The first-order valence-corrected chi connectivity index (χ1v) is 6.26. The minimum absolute atomic E-state index is 0.00241. The second-order valence-electron chi connectivity index (χ2n) is 5.38. The summed E-state index contributed by atoms with van der Waals surface area (Å²) in [5.74, 6) is 0.630. The smallest absolute Gasteiger partial charge is 0.265 e. The molecule has 1 aromatic carbocycles. The van der Waals surface area contributed by atoms with Crippen molar-refractivity contribution in [1.29, 1.82) is 0 Å². The van der Waals surface area contributed by atoms with Crippen LogP contribution in [0.3, 0.4) is 0 Å². The Kier molecular flexibility index (Phi) is 3.30. The average molecular weight is 248 g/mol. The van der Waals surface area contributed by atoms with Gasteiger partial charge in [0, 0.05) is 0 Å². The van der Waals surface area contributed by atoms with Crippen LogP contribution in [0.1, 0.15) is 32.8 Å². The van der Waals surface area contributed by atoms with Crippen LogP contribution in [-0.2, 0) is 10.2 Å². The van der Waals surface area contributed by atoms with Gasteiger partial charge in [-0.2, -0.15) is 0 Å². The first-order valence-electron chi connectivity index (χ1n) is 6.26. The summed E-state index contributed by atoms with van der Waals surface area (Å²) in [4.78, 5) is 11.6. The monoisotopic (exact) mass is 248 g/mol. The minimum atomic E-state index is -0.430. The van der Waals surface area contributed by atoms with Crippen LogP contribution in [0.25, 0.3) is 0 Å². The highest BCUT2D eigenvalue weighted by Gasteiger charge is 2.26. The van der Waals surface area contributed by atoms with Gasteiger partial charge in [-0.25, -0.2) is 0 Å². The molecule has 3 N–H and O–H groups in total. The number of ether oxygens (including phenoxy) is 1. The van der Waals surface area contributed by atoms with Crippen LogP contribution >= 0.6 is 0 Å². The fraction of sp³-hybridized carbons (Fsp3) is 0.500. The van der Waals surface area contributed by atoms with E-state index in [2.05, 4.69) is 19.2 Å². The standard InChI is InChI=1S/C14H20N2O2/c1-9-13(17)16-11-8-10(4-5-12(11)18-9)14(2,3)6-7-15/h4-5,8-9H,6-7,15H2,1-3H3,(H,16,17). The van der Waals surface area contributed by atoms with Gasteiger partial charge in [-0.1, -0.05) is 19.9 Å². The summed E-state index contributed by atoms with van der Waals surface area (Å²) < 4.78 is 5.53. The van der Waals surface area contributed by atoms with E-state index in [0.717, 1.165) is 23.4 Å². The molecule has 1 heterocycles. The van der Waals surface area contributed by atoms with E-state index in [1.54, 1.807) is 6.92 Å². The highest BCUT2D eigenvalue weighted by Crippen LogP contribution is 2.35. The number of carbonyl (C=O) groups is 1. The third-order valence-corrected chi connectivity index (χ3v) is 3.46. The maximum Gasteiger partial charge on any atom is 0.265 e. The molecule has 0 spiro atoms. The SMILES string of the molecule is CC1Oc2ccc(C(C)(C)CCN)cc2NC1=O. The van der Waals surface area contributed by atoms with Gasteiger partial charge in [-0.3, -0.25) is 4.79 Å². The van der Waals surface area contributed by atoms with Crippen LogP contribution in [-0.4, -0.2) is 18.6 Å². The number of amides is 1. The Bertz CT molecular complexity index is 469. The predicted octanol–water partition coefficient (Wildman–Crippen LogP) is 2.03. The Hall–Kier alpha value is -1.55. The van der Waals surface area contributed by atoms with E-state index >= 15 is 0 Å². The molecule has 4 nitrogen and oxygen atoms in total. The van der Waals surface area contributed by atoms with Gasteiger partial charge in [0.05, 0.1) is 5.69 Å². The number of nitrogens with one attached hydrogen (secondary N) is 1. The van der Waals surface area contributed by atoms with Crippen molar-refractivity contribution in [2.24, 2.45) is 5.73 Å². The van der Waals surface area contributed by atoms with E-state index in [0.29, 0.717) is 6.54 Å². The van der Waals surface area contributed by atoms with Crippen LogP contribution < -0.4 is 15.8 Å². The Labute approximate surface area is 108 Å². The molecule has 0 fully saturated rings. The first-order chi connectivity index (χ1) is 8.44. The normalized spacial score (nSPS) is 18.9. The lowest BCUT2D eigenvalue weighted by atomic mass is 9.81. The molecular weight excluding hydrogens is 228 g/mol. The highest BCUT2D eigenvalue weighted by atomic mass is 16.5. The third-order valence-electron chi connectivity index (χ3n) is 3.46. The Balaban J connectivity index is 2.33. The molecule has 1 atom stereocenters. The molecule has 1 amide bonds. The molecule has 0 aromatic heterocycles. The van der Waals surface area contributed by atoms with E-state index in [4.69, 9.17) is 10.5 Å². The third kappa shape index (κ3) is 2.34. The van der Waals surface area contributed by atoms with Crippen molar-refractivity contribution in [3.63, 3.8) is 0 Å². The summed E-state index contributed by atoms with van der Waals surface area (Å²) in [5, 5.41) is 2.87. The van der Waals surface area contributed by atoms with Crippen molar-refractivity contribution in [3.05, 3.63) is 23.8 Å². The van der Waals surface area contributed by atoms with E-state index < -0.39 is 6.10 Å². The predicted molar refractivity (Wildman–Crippen MR) is 71.9 cm³/mol. The van der Waals surface area contributed by atoms with Gasteiger partial charge >= 0.3 is 0 Å². The zero-order chi connectivity index (χ0) is 13.3. The molecule has 98 valence electrons. The molecular formula is C14H20N2O2. The number of benzene rings is 1. The Morgan fingerprint density at radius 2 is 2.17 bits per heavy atom. The molecule has 1 aromatic rings. The minimum Gasteiger partial charge on any atom is -0.479 e. The number of hydrogen-bond acceptors (Lipinski definition) is 3. The molecule has 0 aliphatic carbocycles. The van der Waals surface area contributed by atoms with Crippen LogP contribution in [0.4, 0.5) is 5.69 Å². The van der Waals surface area contributed by atoms with Crippen molar-refractivity contribution in [2.75, 3.05) is 11.9 Å². The number of nitrogens with two attached hydrogens (primary N) is 1. The van der Waals surface area contributed by atoms with Gasteiger partial charge in [0.15, 0.2) is 6.10 Å². The molecule has 1 aliphatic rings. The summed E-state index contributed by atoms with van der Waals surface area (Å²) >= 11 is 0. The number of carbonyl (C=O) groups excluding carboxylic acids is 1. The van der Waals surface area contributed by atoms with Crippen LogP contribution in [0, 0.1) is 0 Å². The largest absolute Gasteiger partial charge is 0.479 e. The molecule has 4 heteroatoms. The molecule has 1 aliphatic heterocycles. The van der Waals surface area contributed by atoms with Crippen molar-refractivity contribution in [1.82, 2.24) is 0 Å². The second kappa shape index (κ2) is 4.61. The Morgan fingerprint density at radius 3 is 2.83 bits per heavy atom. The van der Waals surface area contributed by atoms with E-state index in [1.807, 2.05) is 18.2 Å². The quantitative estimate of drug-likeness (QED) is 0.860. The first kappa shape index (κ1) is 12.9. The van der Waals surface area contributed by atoms with Crippen LogP contribution in [0.15, 0.2) is 18.2 Å². The highest BCUT2D eigenvalue weighted by molar-refractivity contribution is 5.97. The average Bonchev–Trinajstić information content (AvgIpc) is 2.30. The van der Waals surface area contributed by atoms with Gasteiger partial charge in [0.2, 0.25) is 0 Å². The van der Waals surface area contributed by atoms with E-state index in [9.17, 15) is 4.79 Å². The fourth-order valence-electron chi connectivity index (χ4n) is 2.13. The van der Waals surface area contributed by atoms with Crippen molar-refractivity contribution >= 4 is 11.6 Å². The summed E-state index contributed by atoms with van der Waals surface area (Å²) in [6.45, 7) is 6.68. The van der Waals surface area contributed by atoms with E-state index in [1.165, 1.54) is 0 Å². The molecule has 18 heavy (non-hydrogen) atoms. The van der Waals surface area contributed by atoms with Gasteiger partial charge in [-0.15, -0.1) is 0 Å². The van der Waals surface area contributed by atoms with Crippen LogP contribution in [0.2, 0.25) is 0 Å². The number of fused-ring (bicyclic) bond motifs is 1. The van der Waals surface area contributed by atoms with Crippen molar-refractivity contribution in [2.45, 2.75) is 38.7 Å². The van der Waals surface area contributed by atoms with Gasteiger partial charge in [0.25, 0.3) is 5.91 Å². The van der Waals surface area contributed by atoms with Gasteiger partial charge < -0.3 is 15.8 Å². The topological polar surface area (TPSA) is 64.3 Å². The molecule has 1 unspecified atom stereocenters. The summed E-state index contributed by atoms with van der Waals surface area (Å²) in [6.07, 6.45) is 0.470. The van der Waals surface area contributed by atoms with Crippen molar-refractivity contribution < 1.29 is 9.53 Å². The maximum atomic E-state index is 11.6. The maximum absolute atomic E-state index is 11.6. The number of anilines is 1. The molecule has 0 radical (unpaired) electrons. The zero-order valence-electron chi connectivity index (χ0n) is 11.1. The lowest BCUT2D eigenvalue weighted by Crippen LogP contribution is -2.34.